The van der Waals surface area contributed by atoms with Gasteiger partial charge in [-0.05, 0) is 80.7 Å². The number of nitrogens with zero attached hydrogens (tertiary/aromatic N) is 1. The lowest BCUT2D eigenvalue weighted by molar-refractivity contribution is -0.128. The van der Waals surface area contributed by atoms with Crippen LogP contribution in [0.1, 0.15) is 66.9 Å². The van der Waals surface area contributed by atoms with Crippen molar-refractivity contribution in [2.45, 2.75) is 69.4 Å². The van der Waals surface area contributed by atoms with Crippen LogP contribution in [0.5, 0.6) is 0 Å². The Morgan fingerprint density at radius 2 is 2.12 bits per heavy atom. The molecule has 26 heavy (non-hydrogen) atoms. The molecular weight excluding hydrogens is 324 g/mol. The first kappa shape index (κ1) is 16.5. The first-order chi connectivity index (χ1) is 12.5. The summed E-state index contributed by atoms with van der Waals surface area (Å²) in [6.45, 7) is 3.48. The molecule has 2 N–H and O–H groups in total. The smallest absolute Gasteiger partial charge is 0.248 e. The number of ketones is 1. The van der Waals surface area contributed by atoms with Crippen LogP contribution in [-0.2, 0) is 16.6 Å². The van der Waals surface area contributed by atoms with Gasteiger partial charge >= 0.3 is 0 Å². The number of hydrogen-bond donors (Lipinski definition) is 1. The van der Waals surface area contributed by atoms with Gasteiger partial charge in [0.05, 0.1) is 0 Å². The van der Waals surface area contributed by atoms with Crippen LogP contribution in [0.25, 0.3) is 0 Å². The number of nitrogens with two attached hydrogens (primary N) is 1. The zero-order chi connectivity index (χ0) is 18.1. The van der Waals surface area contributed by atoms with Crippen molar-refractivity contribution < 1.29 is 9.59 Å². The molecule has 2 saturated carbocycles. The number of likely N-dealkylation sites (tertiary alicyclic amines) is 1. The molecule has 1 aromatic carbocycles. The van der Waals surface area contributed by atoms with Gasteiger partial charge in [-0.15, -0.1) is 0 Å². The number of amides is 1. The molecule has 138 valence electrons. The molecule has 1 saturated heterocycles. The first-order valence-electron chi connectivity index (χ1n) is 10.2. The third kappa shape index (κ3) is 2.31. The van der Waals surface area contributed by atoms with Crippen molar-refractivity contribution in [1.29, 1.82) is 0 Å². The summed E-state index contributed by atoms with van der Waals surface area (Å²) in [5.74, 6) is 1.42. The minimum atomic E-state index is -0.371. The Morgan fingerprint density at radius 3 is 2.85 bits per heavy atom. The number of benzene rings is 1. The SMILES string of the molecule is C[C@@H](C1CC1)N1CCC23CC(=O)CC[C@H]2C1Cc1ccc(C(N)=O)cc13. The Kier molecular flexibility index (Phi) is 3.59. The van der Waals surface area contributed by atoms with E-state index >= 15 is 0 Å². The van der Waals surface area contributed by atoms with Crippen LogP contribution in [-0.4, -0.2) is 35.2 Å². The van der Waals surface area contributed by atoms with E-state index in [1.54, 1.807) is 0 Å². The van der Waals surface area contributed by atoms with Crippen LogP contribution in [0.3, 0.4) is 0 Å². The van der Waals surface area contributed by atoms with Crippen molar-refractivity contribution in [3.63, 3.8) is 0 Å². The number of piperidine rings is 1. The molecule has 0 radical (unpaired) electrons. The number of Topliss-reactive ketones (excluding diaryl/α,β-unsaturated/α-hetero) is 1. The predicted octanol–water partition coefficient (Wildman–Crippen LogP) is 2.82. The van der Waals surface area contributed by atoms with E-state index in [0.717, 1.165) is 38.1 Å². The second-order valence-electron chi connectivity index (χ2n) is 9.09. The van der Waals surface area contributed by atoms with E-state index in [-0.39, 0.29) is 11.3 Å². The zero-order valence-electron chi connectivity index (χ0n) is 15.5. The van der Waals surface area contributed by atoms with Gasteiger partial charge in [0, 0.05) is 35.9 Å². The molecular formula is C22H28N2O2. The highest BCUT2D eigenvalue weighted by Crippen LogP contribution is 2.56. The lowest BCUT2D eigenvalue weighted by Crippen LogP contribution is -2.63. The topological polar surface area (TPSA) is 63.4 Å². The average molecular weight is 352 g/mol. The maximum absolute atomic E-state index is 12.5. The Morgan fingerprint density at radius 1 is 1.31 bits per heavy atom. The van der Waals surface area contributed by atoms with E-state index in [1.807, 2.05) is 12.1 Å². The van der Waals surface area contributed by atoms with Crippen LogP contribution in [0.15, 0.2) is 18.2 Å². The Labute approximate surface area is 155 Å². The van der Waals surface area contributed by atoms with Gasteiger partial charge in [-0.2, -0.15) is 0 Å². The minimum absolute atomic E-state index is 0.0706. The highest BCUT2D eigenvalue weighted by Gasteiger charge is 2.56. The summed E-state index contributed by atoms with van der Waals surface area (Å²) in [5.41, 5.74) is 8.65. The van der Waals surface area contributed by atoms with Crippen molar-refractivity contribution >= 4 is 11.7 Å². The van der Waals surface area contributed by atoms with Gasteiger partial charge in [0.25, 0.3) is 0 Å². The van der Waals surface area contributed by atoms with E-state index in [1.165, 1.54) is 24.0 Å². The molecule has 5 rings (SSSR count). The summed E-state index contributed by atoms with van der Waals surface area (Å²) in [7, 11) is 0. The maximum Gasteiger partial charge on any atom is 0.248 e. The number of carbonyl (C=O) groups excluding carboxylic acids is 2. The van der Waals surface area contributed by atoms with Gasteiger partial charge < -0.3 is 5.73 Å². The monoisotopic (exact) mass is 352 g/mol. The Bertz CT molecular complexity index is 784. The van der Waals surface area contributed by atoms with Crippen LogP contribution in [0.4, 0.5) is 0 Å². The summed E-state index contributed by atoms with van der Waals surface area (Å²) in [6, 6.07) is 7.18. The standard InChI is InChI=1S/C22H28N2O2/c1-13(14-2-3-14)24-9-8-22-12-17(25)6-7-18(22)20(24)11-15-4-5-16(21(23)26)10-19(15)22/h4-5,10,13-14,18,20H,2-3,6-9,11-12H2,1H3,(H2,23,26)/t13-,18-,20?,22?/m0/s1. The van der Waals surface area contributed by atoms with E-state index < -0.39 is 0 Å². The summed E-state index contributed by atoms with van der Waals surface area (Å²) in [4.78, 5) is 27.0. The molecule has 1 aliphatic heterocycles. The molecule has 0 aromatic heterocycles. The molecule has 2 bridgehead atoms. The molecule has 4 nitrogen and oxygen atoms in total. The predicted molar refractivity (Wildman–Crippen MR) is 100.0 cm³/mol. The van der Waals surface area contributed by atoms with Crippen LogP contribution < -0.4 is 5.73 Å². The molecule has 1 heterocycles. The van der Waals surface area contributed by atoms with Gasteiger partial charge in [0.2, 0.25) is 5.91 Å². The van der Waals surface area contributed by atoms with E-state index in [4.69, 9.17) is 5.73 Å². The molecule has 4 aliphatic rings. The highest BCUT2D eigenvalue weighted by atomic mass is 16.1. The maximum atomic E-state index is 12.5. The molecule has 3 fully saturated rings. The fourth-order valence-corrected chi connectivity index (χ4v) is 6.36. The van der Waals surface area contributed by atoms with Gasteiger partial charge in [0.15, 0.2) is 0 Å². The molecule has 2 unspecified atom stereocenters. The summed E-state index contributed by atoms with van der Waals surface area (Å²) >= 11 is 0. The molecule has 0 spiro atoms. The second-order valence-corrected chi connectivity index (χ2v) is 9.09. The van der Waals surface area contributed by atoms with Gasteiger partial charge in [-0.1, -0.05) is 6.07 Å². The van der Waals surface area contributed by atoms with Crippen LogP contribution >= 0.6 is 0 Å². The second kappa shape index (κ2) is 5.66. The van der Waals surface area contributed by atoms with Crippen molar-refractivity contribution in [1.82, 2.24) is 4.90 Å². The van der Waals surface area contributed by atoms with Crippen molar-refractivity contribution in [2.24, 2.45) is 17.6 Å². The van der Waals surface area contributed by atoms with Crippen molar-refractivity contribution in [3.8, 4) is 0 Å². The molecule has 1 amide bonds. The number of fused-ring (bicyclic) bond motifs is 1. The zero-order valence-corrected chi connectivity index (χ0v) is 15.5. The summed E-state index contributed by atoms with van der Waals surface area (Å²) in [6.07, 6.45) is 7.19. The number of rotatable bonds is 3. The Hall–Kier alpha value is -1.68. The lowest BCUT2D eigenvalue weighted by atomic mass is 9.52. The number of carbonyl (C=O) groups is 2. The van der Waals surface area contributed by atoms with E-state index in [0.29, 0.717) is 35.8 Å². The van der Waals surface area contributed by atoms with Gasteiger partial charge in [0.1, 0.15) is 5.78 Å². The summed E-state index contributed by atoms with van der Waals surface area (Å²) in [5, 5.41) is 0. The summed E-state index contributed by atoms with van der Waals surface area (Å²) < 4.78 is 0. The Balaban J connectivity index is 1.61. The third-order valence-corrected chi connectivity index (χ3v) is 7.85. The van der Waals surface area contributed by atoms with Crippen molar-refractivity contribution in [2.75, 3.05) is 6.54 Å². The van der Waals surface area contributed by atoms with E-state index in [9.17, 15) is 9.59 Å². The van der Waals surface area contributed by atoms with Crippen LogP contribution in [0.2, 0.25) is 0 Å². The van der Waals surface area contributed by atoms with Crippen LogP contribution in [0, 0.1) is 11.8 Å². The lowest BCUT2D eigenvalue weighted by Gasteiger charge is -2.60. The molecule has 1 aromatic rings. The number of hydrogen-bond acceptors (Lipinski definition) is 3. The molecule has 4 atom stereocenters. The molecule has 3 aliphatic carbocycles. The highest BCUT2D eigenvalue weighted by molar-refractivity contribution is 5.93. The first-order valence-corrected chi connectivity index (χ1v) is 10.2. The molecule has 4 heteroatoms. The fourth-order valence-electron chi connectivity index (χ4n) is 6.36. The van der Waals surface area contributed by atoms with E-state index in [2.05, 4.69) is 17.9 Å². The normalized spacial score (nSPS) is 34.7. The third-order valence-electron chi connectivity index (χ3n) is 7.85. The number of primary amides is 1. The quantitative estimate of drug-likeness (QED) is 0.910. The average Bonchev–Trinajstić information content (AvgIpc) is 3.45. The van der Waals surface area contributed by atoms with Gasteiger partial charge in [-0.3, -0.25) is 14.5 Å². The largest absolute Gasteiger partial charge is 0.366 e. The van der Waals surface area contributed by atoms with Crippen molar-refractivity contribution in [3.05, 3.63) is 34.9 Å². The van der Waals surface area contributed by atoms with Gasteiger partial charge in [-0.25, -0.2) is 0 Å². The minimum Gasteiger partial charge on any atom is -0.366 e. The fraction of sp³-hybridized carbons (Fsp3) is 0.636.